The average Bonchev–Trinajstić information content (AvgIpc) is 2.03. The Morgan fingerprint density at radius 2 is 1.67 bits per heavy atom. The zero-order valence-corrected chi connectivity index (χ0v) is 9.41. The van der Waals surface area contributed by atoms with E-state index in [1.165, 1.54) is 19.3 Å². The van der Waals surface area contributed by atoms with E-state index >= 15 is 0 Å². The van der Waals surface area contributed by atoms with Crippen LogP contribution in [0.15, 0.2) is 0 Å². The summed E-state index contributed by atoms with van der Waals surface area (Å²) in [5.41, 5.74) is 0.545. The maximum atomic E-state index is 3.32. The highest BCUT2D eigenvalue weighted by atomic mass is 14.8. The van der Waals surface area contributed by atoms with E-state index in [1.54, 1.807) is 0 Å². The second-order valence-corrected chi connectivity index (χ2v) is 4.34. The molecule has 0 bridgehead atoms. The summed E-state index contributed by atoms with van der Waals surface area (Å²) < 4.78 is 0. The van der Waals surface area contributed by atoms with Crippen LogP contribution in [0.25, 0.3) is 0 Å². The fourth-order valence-corrected chi connectivity index (χ4v) is 2.10. The van der Waals surface area contributed by atoms with Crippen LogP contribution in [0, 0.1) is 11.3 Å². The Kier molecular flexibility index (Phi) is 5.56. The van der Waals surface area contributed by atoms with Gasteiger partial charge in [-0.25, -0.2) is 0 Å². The first kappa shape index (κ1) is 12.0. The summed E-state index contributed by atoms with van der Waals surface area (Å²) in [6.07, 6.45) is 3.94. The summed E-state index contributed by atoms with van der Waals surface area (Å²) in [6, 6.07) is 0. The largest absolute Gasteiger partial charge is 0.319 e. The van der Waals surface area contributed by atoms with Crippen molar-refractivity contribution in [2.24, 2.45) is 11.3 Å². The first-order chi connectivity index (χ1) is 5.60. The molecule has 1 heteroatoms. The Bertz CT molecular complexity index is 104. The first-order valence-corrected chi connectivity index (χ1v) is 5.24. The zero-order valence-electron chi connectivity index (χ0n) is 9.41. The molecule has 0 spiro atoms. The topological polar surface area (TPSA) is 12.0 Å². The summed E-state index contributed by atoms with van der Waals surface area (Å²) in [7, 11) is 2.06. The first-order valence-electron chi connectivity index (χ1n) is 5.24. The standard InChI is InChI=1S/C11H25N/c1-6-11(7-2,9-12-5)8-10(3)4/h10,12H,6-9H2,1-5H3. The molecule has 0 heterocycles. The van der Waals surface area contributed by atoms with Crippen molar-refractivity contribution in [3.63, 3.8) is 0 Å². The Labute approximate surface area is 77.9 Å². The van der Waals surface area contributed by atoms with Crippen molar-refractivity contribution in [1.29, 1.82) is 0 Å². The van der Waals surface area contributed by atoms with E-state index in [1.807, 2.05) is 0 Å². The highest BCUT2D eigenvalue weighted by Gasteiger charge is 2.25. The molecule has 0 aromatic rings. The highest BCUT2D eigenvalue weighted by Crippen LogP contribution is 2.32. The fourth-order valence-electron chi connectivity index (χ4n) is 2.10. The number of hydrogen-bond donors (Lipinski definition) is 1. The number of hydrogen-bond acceptors (Lipinski definition) is 1. The smallest absolute Gasteiger partial charge is 0.000470 e. The SMILES string of the molecule is CCC(CC)(CNC)CC(C)C. The Balaban J connectivity index is 4.13. The molecule has 0 aliphatic carbocycles. The summed E-state index contributed by atoms with van der Waals surface area (Å²) in [6.45, 7) is 10.4. The van der Waals surface area contributed by atoms with E-state index in [2.05, 4.69) is 40.1 Å². The molecule has 0 unspecified atom stereocenters. The Hall–Kier alpha value is -0.0400. The number of nitrogens with one attached hydrogen (secondary N) is 1. The van der Waals surface area contributed by atoms with Crippen LogP contribution in [0.1, 0.15) is 47.0 Å². The molecule has 0 aliphatic heterocycles. The van der Waals surface area contributed by atoms with Crippen LogP contribution in [0.3, 0.4) is 0 Å². The van der Waals surface area contributed by atoms with Gasteiger partial charge in [0, 0.05) is 6.54 Å². The van der Waals surface area contributed by atoms with Crippen LogP contribution in [0.4, 0.5) is 0 Å². The monoisotopic (exact) mass is 171 g/mol. The quantitative estimate of drug-likeness (QED) is 0.647. The predicted molar refractivity (Wildman–Crippen MR) is 56.4 cm³/mol. The minimum atomic E-state index is 0.545. The van der Waals surface area contributed by atoms with Gasteiger partial charge >= 0.3 is 0 Å². The second-order valence-electron chi connectivity index (χ2n) is 4.34. The van der Waals surface area contributed by atoms with Gasteiger partial charge in [-0.15, -0.1) is 0 Å². The second kappa shape index (κ2) is 5.58. The van der Waals surface area contributed by atoms with Gasteiger partial charge in [-0.1, -0.05) is 27.7 Å². The van der Waals surface area contributed by atoms with Gasteiger partial charge in [0.15, 0.2) is 0 Å². The van der Waals surface area contributed by atoms with Crippen molar-refractivity contribution < 1.29 is 0 Å². The molecule has 0 saturated heterocycles. The van der Waals surface area contributed by atoms with Gasteiger partial charge in [0.2, 0.25) is 0 Å². The third-order valence-electron chi connectivity index (χ3n) is 2.89. The molecule has 1 N–H and O–H groups in total. The van der Waals surface area contributed by atoms with Crippen LogP contribution >= 0.6 is 0 Å². The summed E-state index contributed by atoms with van der Waals surface area (Å²) in [5.74, 6) is 0.818. The van der Waals surface area contributed by atoms with Crippen molar-refractivity contribution in [2.75, 3.05) is 13.6 Å². The highest BCUT2D eigenvalue weighted by molar-refractivity contribution is 4.79. The molecule has 1 nitrogen and oxygen atoms in total. The minimum Gasteiger partial charge on any atom is -0.319 e. The van der Waals surface area contributed by atoms with Crippen molar-refractivity contribution in [1.82, 2.24) is 5.32 Å². The van der Waals surface area contributed by atoms with Gasteiger partial charge in [0.1, 0.15) is 0 Å². The lowest BCUT2D eigenvalue weighted by molar-refractivity contribution is 0.203. The van der Waals surface area contributed by atoms with Gasteiger partial charge in [-0.3, -0.25) is 0 Å². The molecule has 74 valence electrons. The van der Waals surface area contributed by atoms with Crippen LogP contribution in [-0.4, -0.2) is 13.6 Å². The summed E-state index contributed by atoms with van der Waals surface area (Å²) >= 11 is 0. The normalized spacial score (nSPS) is 12.5. The third kappa shape index (κ3) is 3.57. The molecule has 0 aromatic carbocycles. The van der Waals surface area contributed by atoms with Crippen molar-refractivity contribution in [3.05, 3.63) is 0 Å². The molecule has 0 atom stereocenters. The lowest BCUT2D eigenvalue weighted by atomic mass is 9.75. The van der Waals surface area contributed by atoms with Crippen molar-refractivity contribution in [3.8, 4) is 0 Å². The Morgan fingerprint density at radius 1 is 1.17 bits per heavy atom. The van der Waals surface area contributed by atoms with Crippen LogP contribution in [0.2, 0.25) is 0 Å². The van der Waals surface area contributed by atoms with E-state index < -0.39 is 0 Å². The van der Waals surface area contributed by atoms with E-state index in [0.29, 0.717) is 5.41 Å². The van der Waals surface area contributed by atoms with Crippen LogP contribution < -0.4 is 5.32 Å². The molecule has 12 heavy (non-hydrogen) atoms. The van der Waals surface area contributed by atoms with Gasteiger partial charge < -0.3 is 5.32 Å². The lowest BCUT2D eigenvalue weighted by Crippen LogP contribution is -2.32. The molecule has 0 fully saturated rings. The molecule has 0 amide bonds. The zero-order chi connectivity index (χ0) is 9.61. The minimum absolute atomic E-state index is 0.545. The van der Waals surface area contributed by atoms with Crippen LogP contribution in [0.5, 0.6) is 0 Å². The number of rotatable bonds is 6. The summed E-state index contributed by atoms with van der Waals surface area (Å²) in [4.78, 5) is 0. The van der Waals surface area contributed by atoms with E-state index in [-0.39, 0.29) is 0 Å². The van der Waals surface area contributed by atoms with Crippen LogP contribution in [-0.2, 0) is 0 Å². The molecular formula is C11H25N. The van der Waals surface area contributed by atoms with Gasteiger partial charge in [0.25, 0.3) is 0 Å². The summed E-state index contributed by atoms with van der Waals surface area (Å²) in [5, 5.41) is 3.32. The van der Waals surface area contributed by atoms with E-state index in [9.17, 15) is 0 Å². The molecule has 0 aromatic heterocycles. The van der Waals surface area contributed by atoms with Gasteiger partial charge in [-0.2, -0.15) is 0 Å². The van der Waals surface area contributed by atoms with E-state index in [0.717, 1.165) is 12.5 Å². The molecule has 0 rings (SSSR count). The molecule has 0 radical (unpaired) electrons. The molecule has 0 saturated carbocycles. The maximum absolute atomic E-state index is 3.32. The predicted octanol–water partition coefficient (Wildman–Crippen LogP) is 3.06. The average molecular weight is 171 g/mol. The van der Waals surface area contributed by atoms with Crippen molar-refractivity contribution >= 4 is 0 Å². The molecular weight excluding hydrogens is 146 g/mol. The van der Waals surface area contributed by atoms with Gasteiger partial charge in [-0.05, 0) is 37.6 Å². The Morgan fingerprint density at radius 3 is 1.92 bits per heavy atom. The maximum Gasteiger partial charge on any atom is 0.000470 e. The third-order valence-corrected chi connectivity index (χ3v) is 2.89. The fraction of sp³-hybridized carbons (Fsp3) is 1.00. The van der Waals surface area contributed by atoms with Crippen molar-refractivity contribution in [2.45, 2.75) is 47.0 Å². The lowest BCUT2D eigenvalue weighted by Gasteiger charge is -2.33. The van der Waals surface area contributed by atoms with Gasteiger partial charge in [0.05, 0.1) is 0 Å². The van der Waals surface area contributed by atoms with E-state index in [4.69, 9.17) is 0 Å². The molecule has 0 aliphatic rings.